The molecule has 0 bridgehead atoms. The van der Waals surface area contributed by atoms with E-state index in [0.29, 0.717) is 50.6 Å². The molecule has 0 aromatic heterocycles. The topological polar surface area (TPSA) is 231 Å². The number of aliphatic hydroxyl groups excluding tert-OH is 2. The summed E-state index contributed by atoms with van der Waals surface area (Å²) in [5.74, 6) is 1.38. The summed E-state index contributed by atoms with van der Waals surface area (Å²) in [6.07, 6.45) is -1.06. The minimum Gasteiger partial charge on any atom is -0.512 e. The quantitative estimate of drug-likeness (QED) is 0.0201. The molecule has 0 heterocycles. The molecule has 4 unspecified atom stereocenters. The monoisotopic (exact) mass is 1110 g/mol. The van der Waals surface area contributed by atoms with E-state index in [0.717, 1.165) is 6.29 Å². The van der Waals surface area contributed by atoms with Gasteiger partial charge in [0.15, 0.2) is 17.7 Å². The zero-order valence-corrected chi connectivity index (χ0v) is 47.9. The first-order valence-electron chi connectivity index (χ1n) is 22.6. The van der Waals surface area contributed by atoms with Crippen LogP contribution in [0, 0.1) is 11.8 Å². The van der Waals surface area contributed by atoms with Crippen LogP contribution in [0.4, 0.5) is 4.70 Å². The number of benzene rings is 6. The summed E-state index contributed by atoms with van der Waals surface area (Å²) in [5.41, 5.74) is 2.87. The van der Waals surface area contributed by atoms with Crippen LogP contribution < -0.4 is 65.6 Å². The summed E-state index contributed by atoms with van der Waals surface area (Å²) in [5, 5.41) is 24.1. The van der Waals surface area contributed by atoms with Gasteiger partial charge in [-0.25, -0.2) is 0 Å². The third-order valence-corrected chi connectivity index (χ3v) is 12.6. The van der Waals surface area contributed by atoms with Gasteiger partial charge in [-0.3, -0.25) is 37.5 Å². The molecule has 0 aliphatic heterocycles. The molecule has 0 saturated heterocycles. The third kappa shape index (κ3) is 26.1. The van der Waals surface area contributed by atoms with Crippen molar-refractivity contribution in [3.05, 3.63) is 204 Å². The van der Waals surface area contributed by atoms with E-state index in [1.54, 1.807) is 180 Å². The number of methoxy groups -OCH3 is 2. The first-order chi connectivity index (χ1) is 35.2. The normalized spacial score (nSPS) is 12.1. The molecule has 2 N–H and O–H groups in total. The molecule has 4 atom stereocenters. The van der Waals surface area contributed by atoms with E-state index < -0.39 is 32.7 Å². The maximum Gasteiger partial charge on any atom is 1.00 e. The maximum atomic E-state index is 12.9. The molecular formula is C56H67FKNO15P2. The molecule has 0 radical (unpaired) electrons. The number of aldehydes is 1. The van der Waals surface area contributed by atoms with Crippen molar-refractivity contribution in [3.63, 3.8) is 0 Å². The van der Waals surface area contributed by atoms with Crippen LogP contribution >= 0.6 is 15.0 Å². The molecule has 0 fully saturated rings. The predicted octanol–water partition coefficient (Wildman–Crippen LogP) is 8.65. The molecule has 6 aromatic carbocycles. The van der Waals surface area contributed by atoms with Crippen LogP contribution in [0.1, 0.15) is 86.0 Å². The molecular weight excluding hydrogens is 1050 g/mol. The Bertz CT molecular complexity index is 2700. The fourth-order valence-corrected chi connectivity index (χ4v) is 8.65. The summed E-state index contributed by atoms with van der Waals surface area (Å²) in [6.45, 7) is 11.4. The molecule has 0 amide bonds. The van der Waals surface area contributed by atoms with Crippen molar-refractivity contribution in [2.24, 2.45) is 0 Å². The third-order valence-electron chi connectivity index (χ3n) is 9.54. The van der Waals surface area contributed by atoms with E-state index in [4.69, 9.17) is 54.6 Å². The van der Waals surface area contributed by atoms with Gasteiger partial charge in [-0.15, -0.1) is 0 Å². The van der Waals surface area contributed by atoms with Crippen LogP contribution in [0.25, 0.3) is 0 Å². The Morgan fingerprint density at radius 1 is 0.592 bits per heavy atom. The summed E-state index contributed by atoms with van der Waals surface area (Å²) in [4.78, 5) is 47.5. The smallest absolute Gasteiger partial charge is 0.512 e. The van der Waals surface area contributed by atoms with Crippen LogP contribution in [-0.2, 0) is 27.4 Å². The first kappa shape index (κ1) is 72.7. The number of aliphatic hydroxyl groups is 2. The summed E-state index contributed by atoms with van der Waals surface area (Å²) < 4.78 is 61.0. The molecule has 6 rings (SSSR count). The zero-order chi connectivity index (χ0) is 54.1. The van der Waals surface area contributed by atoms with E-state index >= 15 is 0 Å². The van der Waals surface area contributed by atoms with Crippen molar-refractivity contribution in [2.75, 3.05) is 67.2 Å². The molecule has 76 heavy (non-hydrogen) atoms. The average Bonchev–Trinajstić information content (AvgIpc) is 3.43. The molecule has 404 valence electrons. The van der Waals surface area contributed by atoms with E-state index in [-0.39, 0.29) is 115 Å². The van der Waals surface area contributed by atoms with Gasteiger partial charge in [-0.2, -0.15) is 0 Å². The number of rotatable bonds is 23. The van der Waals surface area contributed by atoms with Crippen molar-refractivity contribution < 1.29 is 127 Å². The minimum absolute atomic E-state index is 0. The summed E-state index contributed by atoms with van der Waals surface area (Å²) >= 11 is 0. The molecule has 0 aliphatic rings. The van der Waals surface area contributed by atoms with Crippen molar-refractivity contribution >= 4 is 38.3 Å². The number of ether oxygens (including phenoxy) is 4. The number of Topliss-reactive ketones (excluding diaryl/α,β-unsaturated/α-hetero) is 2. The van der Waals surface area contributed by atoms with Gasteiger partial charge in [0.05, 0.1) is 47.3 Å². The van der Waals surface area contributed by atoms with Crippen molar-refractivity contribution in [1.29, 1.82) is 5.26 Å². The first-order valence-corrected chi connectivity index (χ1v) is 26.7. The fourth-order valence-electron chi connectivity index (χ4n) is 6.29. The van der Waals surface area contributed by atoms with Gasteiger partial charge in [-0.05, 0) is 61.4 Å². The van der Waals surface area contributed by atoms with Gasteiger partial charge in [0.1, 0.15) is 36.2 Å². The van der Waals surface area contributed by atoms with Gasteiger partial charge in [0.25, 0.3) is 7.37 Å². The maximum absolute atomic E-state index is 12.9. The minimum atomic E-state index is -3.37. The standard InChI is InChI=1S/C18H21O5P.C18H20O5.C10H13O3P.C8H8O2.CN.CH4.FH.K/c1-4-22-24(3,20)23-18(15-11-8-12-16(13-15)21-2)17(19)14-9-6-5-7-10-14;19-9-11-22-16-8-4-7-15(13-16)18(23-12-10-20)17(21)14-5-2-1-3-6-14;1-3-13-14(2,12)10(11)9-7-5-4-6-8-9;1-10-8-4-2-3-7(5-8)6-9;1-2;;;/h5-13,18H,4H2,1-3H3;1-8,13,18-20H,9-12H2;4-8H,3H2,1-2H3;2-6H,1H3;;1H4;1H;/q;;;;-1;;;+1. The second-order valence-electron chi connectivity index (χ2n) is 14.9. The number of carbonyl (C=O) groups is 4. The number of hydrogen-bond acceptors (Lipinski definition) is 16. The Balaban J connectivity index is 0. The molecule has 20 heteroatoms. The van der Waals surface area contributed by atoms with Gasteiger partial charge in [0, 0.05) is 35.6 Å². The molecule has 0 aliphatic carbocycles. The van der Waals surface area contributed by atoms with Crippen LogP contribution in [0.3, 0.4) is 0 Å². The van der Waals surface area contributed by atoms with E-state index in [9.17, 15) is 28.3 Å². The number of halogens is 1. The van der Waals surface area contributed by atoms with Crippen LogP contribution in [0.2, 0.25) is 0 Å². The average molecular weight is 1110 g/mol. The van der Waals surface area contributed by atoms with E-state index in [1.165, 1.54) is 13.3 Å². The molecule has 16 nitrogen and oxygen atoms in total. The Labute approximate surface area is 488 Å². The van der Waals surface area contributed by atoms with Crippen molar-refractivity contribution in [1.82, 2.24) is 0 Å². The van der Waals surface area contributed by atoms with E-state index in [1.807, 2.05) is 12.1 Å². The van der Waals surface area contributed by atoms with Crippen molar-refractivity contribution in [3.8, 4) is 17.2 Å². The Hall–Kier alpha value is -5.32. The molecule has 6 aromatic rings. The summed E-state index contributed by atoms with van der Waals surface area (Å²) in [6, 6.07) is 47.1. The molecule has 0 saturated carbocycles. The Morgan fingerprint density at radius 3 is 1.47 bits per heavy atom. The number of hydrogen-bond donors (Lipinski definition) is 2. The van der Waals surface area contributed by atoms with E-state index in [2.05, 4.69) is 0 Å². The van der Waals surface area contributed by atoms with Crippen LogP contribution in [-0.4, -0.2) is 101 Å². The second kappa shape index (κ2) is 40.9. The zero-order valence-electron chi connectivity index (χ0n) is 43.0. The SMILES string of the molecule is C.CCOP(C)(=O)C(=O)c1ccccc1.CCOP(C)(=O)OC(C(=O)c1ccccc1)c1cccc(OC)c1.COc1cccc(C=O)c1.F.O=C(c1ccccc1)C(OCCO)c1cccc(OCCO)c1.[C-]#N.[K+]. The van der Waals surface area contributed by atoms with Crippen LogP contribution in [0.5, 0.6) is 17.2 Å². The van der Waals surface area contributed by atoms with Gasteiger partial charge in [0.2, 0.25) is 5.52 Å². The van der Waals surface area contributed by atoms with Gasteiger partial charge < -0.3 is 50.0 Å². The van der Waals surface area contributed by atoms with Crippen LogP contribution in [0.15, 0.2) is 164 Å². The number of nitrogens with zero attached hydrogens (tertiary/aromatic N) is 1. The summed E-state index contributed by atoms with van der Waals surface area (Å²) in [7, 11) is -3.40. The van der Waals surface area contributed by atoms with Crippen molar-refractivity contribution in [2.45, 2.75) is 33.5 Å². The number of carbonyl (C=O) groups excluding carboxylic acids is 4. The van der Waals surface area contributed by atoms with Gasteiger partial charge in [-0.1, -0.05) is 135 Å². The number of ketones is 2. The molecule has 0 spiro atoms. The Morgan fingerprint density at radius 2 is 1.01 bits per heavy atom. The Kier molecular flexibility index (Phi) is 39.1. The largest absolute Gasteiger partial charge is 1.00 e. The predicted molar refractivity (Wildman–Crippen MR) is 287 cm³/mol. The second-order valence-corrected chi connectivity index (χ2v) is 19.2. The fraction of sp³-hybridized carbons (Fsp3) is 0.268. The van der Waals surface area contributed by atoms with Gasteiger partial charge >= 0.3 is 59.0 Å².